The van der Waals surface area contributed by atoms with Crippen LogP contribution in [0.25, 0.3) is 0 Å². The molecule has 1 saturated carbocycles. The molecule has 0 radical (unpaired) electrons. The maximum absolute atomic E-state index is 11.4. The lowest BCUT2D eigenvalue weighted by Crippen LogP contribution is -2.28. The van der Waals surface area contributed by atoms with Gasteiger partial charge in [0.05, 0.1) is 19.6 Å². The van der Waals surface area contributed by atoms with Crippen LogP contribution in [0.3, 0.4) is 0 Å². The van der Waals surface area contributed by atoms with Gasteiger partial charge in [0.25, 0.3) is 0 Å². The lowest BCUT2D eigenvalue weighted by atomic mass is 10.2. The number of nitrogens with zero attached hydrogens (tertiary/aromatic N) is 1. The zero-order chi connectivity index (χ0) is 11.3. The second-order valence-electron chi connectivity index (χ2n) is 3.99. The van der Waals surface area contributed by atoms with E-state index in [9.17, 15) is 9.59 Å². The number of likely N-dealkylation sites (N-methyl/N-ethyl adjacent to an activating group) is 1. The third-order valence-electron chi connectivity index (χ3n) is 2.51. The highest BCUT2D eigenvalue weighted by Gasteiger charge is 2.27. The molecule has 0 atom stereocenters. The predicted molar refractivity (Wildman–Crippen MR) is 56.5 cm³/mol. The van der Waals surface area contributed by atoms with Crippen LogP contribution in [0.15, 0.2) is 0 Å². The Kier molecular flexibility index (Phi) is 4.75. The Morgan fingerprint density at radius 3 is 2.53 bits per heavy atom. The van der Waals surface area contributed by atoms with Crippen LogP contribution < -0.4 is 0 Å². The molecule has 0 unspecified atom stereocenters. The Hall–Kier alpha value is -0.900. The first-order chi connectivity index (χ1) is 7.13. The average Bonchev–Trinajstić information content (AvgIpc) is 2.98. The summed E-state index contributed by atoms with van der Waals surface area (Å²) in [6, 6.07) is 0.594. The maximum Gasteiger partial charge on any atom is 0.306 e. The summed E-state index contributed by atoms with van der Waals surface area (Å²) in [5.74, 6) is -0.155. The van der Waals surface area contributed by atoms with Crippen molar-refractivity contribution in [2.24, 2.45) is 0 Å². The molecule has 1 rings (SSSR count). The van der Waals surface area contributed by atoms with Crippen molar-refractivity contribution in [2.75, 3.05) is 20.2 Å². The summed E-state index contributed by atoms with van der Waals surface area (Å²) in [6.45, 7) is 2.61. The quantitative estimate of drug-likeness (QED) is 0.592. The zero-order valence-electron chi connectivity index (χ0n) is 9.49. The van der Waals surface area contributed by atoms with E-state index in [4.69, 9.17) is 4.74 Å². The second kappa shape index (κ2) is 5.85. The van der Waals surface area contributed by atoms with E-state index in [2.05, 4.69) is 4.90 Å². The molecule has 0 saturated heterocycles. The number of esters is 1. The van der Waals surface area contributed by atoms with Crippen LogP contribution in [0.2, 0.25) is 0 Å². The molecule has 0 aromatic rings. The highest BCUT2D eigenvalue weighted by Crippen LogP contribution is 2.24. The summed E-state index contributed by atoms with van der Waals surface area (Å²) in [4.78, 5) is 24.5. The van der Waals surface area contributed by atoms with E-state index < -0.39 is 0 Å². The van der Waals surface area contributed by atoms with Crippen molar-refractivity contribution in [3.8, 4) is 0 Å². The molecule has 0 spiro atoms. The minimum atomic E-state index is -0.278. The van der Waals surface area contributed by atoms with Gasteiger partial charge in [-0.2, -0.15) is 0 Å². The number of carbonyl (C=O) groups is 2. The second-order valence-corrected chi connectivity index (χ2v) is 3.99. The Morgan fingerprint density at radius 2 is 2.00 bits per heavy atom. The molecule has 4 nitrogen and oxygen atoms in total. The Morgan fingerprint density at radius 1 is 1.33 bits per heavy atom. The topological polar surface area (TPSA) is 46.6 Å². The number of hydrogen-bond donors (Lipinski definition) is 0. The van der Waals surface area contributed by atoms with Crippen LogP contribution in [0.5, 0.6) is 0 Å². The Labute approximate surface area is 90.6 Å². The van der Waals surface area contributed by atoms with E-state index in [1.165, 1.54) is 12.8 Å². The van der Waals surface area contributed by atoms with Crippen LogP contribution in [-0.4, -0.2) is 42.9 Å². The van der Waals surface area contributed by atoms with Crippen LogP contribution in [0.4, 0.5) is 0 Å². The van der Waals surface area contributed by atoms with Crippen molar-refractivity contribution in [1.29, 1.82) is 0 Å². The fraction of sp³-hybridized carbons (Fsp3) is 0.818. The normalized spacial score (nSPS) is 15.4. The van der Waals surface area contributed by atoms with Gasteiger partial charge < -0.3 is 4.74 Å². The molecule has 1 aliphatic carbocycles. The highest BCUT2D eigenvalue weighted by atomic mass is 16.5. The fourth-order valence-electron chi connectivity index (χ4n) is 1.48. The monoisotopic (exact) mass is 213 g/mol. The summed E-state index contributed by atoms with van der Waals surface area (Å²) < 4.78 is 4.75. The molecule has 4 heteroatoms. The number of hydrogen-bond acceptors (Lipinski definition) is 4. The molecule has 0 N–H and O–H groups in total. The Bertz CT molecular complexity index is 236. The van der Waals surface area contributed by atoms with Gasteiger partial charge in [-0.1, -0.05) is 0 Å². The summed E-state index contributed by atoms with van der Waals surface area (Å²) in [7, 11) is 1.96. The van der Waals surface area contributed by atoms with E-state index in [1.807, 2.05) is 7.05 Å². The molecule has 0 aromatic carbocycles. The summed E-state index contributed by atoms with van der Waals surface area (Å²) in [5, 5.41) is 0. The summed E-state index contributed by atoms with van der Waals surface area (Å²) >= 11 is 0. The van der Waals surface area contributed by atoms with Gasteiger partial charge in [0.1, 0.15) is 5.78 Å². The van der Waals surface area contributed by atoms with Gasteiger partial charge >= 0.3 is 5.97 Å². The number of carbonyl (C=O) groups excluding carboxylic acids is 2. The number of ether oxygens (including phenoxy) is 1. The molecule has 15 heavy (non-hydrogen) atoms. The van der Waals surface area contributed by atoms with Crippen molar-refractivity contribution in [2.45, 2.75) is 38.6 Å². The average molecular weight is 213 g/mol. The number of rotatable bonds is 7. The van der Waals surface area contributed by atoms with Crippen molar-refractivity contribution in [3.63, 3.8) is 0 Å². The molecule has 0 aliphatic heterocycles. The number of Topliss-reactive ketones (excluding diaryl/α,β-unsaturated/α-hetero) is 1. The SMILES string of the molecule is CCOC(=O)CCC(=O)CN(C)C1CC1. The number of ketones is 1. The summed E-state index contributed by atoms with van der Waals surface area (Å²) in [5.41, 5.74) is 0. The van der Waals surface area contributed by atoms with E-state index in [1.54, 1.807) is 6.92 Å². The van der Waals surface area contributed by atoms with Crippen molar-refractivity contribution >= 4 is 11.8 Å². The van der Waals surface area contributed by atoms with Crippen LogP contribution >= 0.6 is 0 Å². The van der Waals surface area contributed by atoms with Crippen LogP contribution in [-0.2, 0) is 14.3 Å². The van der Waals surface area contributed by atoms with Crippen LogP contribution in [0, 0.1) is 0 Å². The van der Waals surface area contributed by atoms with Crippen molar-refractivity contribution in [1.82, 2.24) is 4.90 Å². The van der Waals surface area contributed by atoms with E-state index in [0.29, 0.717) is 25.6 Å². The van der Waals surface area contributed by atoms with Gasteiger partial charge in [0, 0.05) is 12.5 Å². The van der Waals surface area contributed by atoms with Gasteiger partial charge in [0.15, 0.2) is 0 Å². The first-order valence-electron chi connectivity index (χ1n) is 5.51. The molecule has 86 valence electrons. The largest absolute Gasteiger partial charge is 0.466 e. The Balaban J connectivity index is 2.09. The first-order valence-corrected chi connectivity index (χ1v) is 5.51. The van der Waals surface area contributed by atoms with Crippen molar-refractivity contribution in [3.05, 3.63) is 0 Å². The minimum Gasteiger partial charge on any atom is -0.466 e. The molecule has 1 aliphatic rings. The molecular formula is C11H19NO3. The fourth-order valence-corrected chi connectivity index (χ4v) is 1.48. The highest BCUT2D eigenvalue weighted by molar-refractivity contribution is 5.84. The van der Waals surface area contributed by atoms with Gasteiger partial charge in [0.2, 0.25) is 0 Å². The smallest absolute Gasteiger partial charge is 0.306 e. The lowest BCUT2D eigenvalue weighted by Gasteiger charge is -2.13. The van der Waals surface area contributed by atoms with E-state index >= 15 is 0 Å². The molecule has 0 aromatic heterocycles. The summed E-state index contributed by atoms with van der Waals surface area (Å²) in [6.07, 6.45) is 2.91. The third kappa shape index (κ3) is 4.93. The van der Waals surface area contributed by atoms with Gasteiger partial charge in [-0.25, -0.2) is 0 Å². The lowest BCUT2D eigenvalue weighted by molar-refractivity contribution is -0.144. The van der Waals surface area contributed by atoms with Crippen LogP contribution in [0.1, 0.15) is 32.6 Å². The van der Waals surface area contributed by atoms with E-state index in [0.717, 1.165) is 0 Å². The maximum atomic E-state index is 11.4. The minimum absolute atomic E-state index is 0.123. The standard InChI is InChI=1S/C11H19NO3/c1-3-15-11(14)7-6-10(13)8-12(2)9-4-5-9/h9H,3-8H2,1-2H3. The van der Waals surface area contributed by atoms with Gasteiger partial charge in [-0.05, 0) is 26.8 Å². The van der Waals surface area contributed by atoms with Crippen molar-refractivity contribution < 1.29 is 14.3 Å². The molecular weight excluding hydrogens is 194 g/mol. The molecule has 0 bridgehead atoms. The molecule has 1 fully saturated rings. The zero-order valence-corrected chi connectivity index (χ0v) is 9.49. The predicted octanol–water partition coefficient (Wildman–Crippen LogP) is 0.993. The van der Waals surface area contributed by atoms with E-state index in [-0.39, 0.29) is 18.2 Å². The molecule has 0 heterocycles. The first kappa shape index (κ1) is 12.2. The van der Waals surface area contributed by atoms with Gasteiger partial charge in [-0.15, -0.1) is 0 Å². The third-order valence-corrected chi connectivity index (χ3v) is 2.51. The molecule has 0 amide bonds. The van der Waals surface area contributed by atoms with Gasteiger partial charge in [-0.3, -0.25) is 14.5 Å².